The van der Waals surface area contributed by atoms with E-state index in [9.17, 15) is 10.2 Å². The monoisotopic (exact) mass is 482 g/mol. The maximum Gasteiger partial charge on any atom is 0.191 e. The molecular weight excluding hydrogens is 436 g/mol. The van der Waals surface area contributed by atoms with Crippen molar-refractivity contribution in [3.8, 4) is 0 Å². The molecule has 0 radical (unpaired) electrons. The fourth-order valence-electron chi connectivity index (χ4n) is 6.39. The Balaban J connectivity index is 1.57. The molecule has 4 aliphatic rings. The summed E-state index contributed by atoms with van der Waals surface area (Å²) in [7, 11) is -1.91. The second-order valence-electron chi connectivity index (χ2n) is 13.4. The van der Waals surface area contributed by atoms with Crippen molar-refractivity contribution in [2.24, 2.45) is 16.7 Å². The van der Waals surface area contributed by atoms with Crippen LogP contribution in [0.4, 0.5) is 0 Å². The van der Waals surface area contributed by atoms with Crippen LogP contribution in [0.3, 0.4) is 0 Å². The normalized spacial score (nSPS) is 44.2. The molecule has 0 aromatic carbocycles. The summed E-state index contributed by atoms with van der Waals surface area (Å²) >= 11 is 0. The molecule has 190 valence electrons. The molecule has 0 spiro atoms. The Morgan fingerprint density at radius 1 is 1.09 bits per heavy atom. The second kappa shape index (κ2) is 7.86. The Hall–Kier alpha value is -0.283. The Morgan fingerprint density at radius 2 is 1.76 bits per heavy atom. The third-order valence-corrected chi connectivity index (χ3v) is 14.4. The first-order chi connectivity index (χ1) is 15.0. The Bertz CT molecular complexity index is 786. The van der Waals surface area contributed by atoms with Gasteiger partial charge in [0.2, 0.25) is 0 Å². The highest BCUT2D eigenvalue weighted by atomic mass is 28.4. The topological polar surface area (TPSA) is 77.4 Å². The maximum atomic E-state index is 12.0. The maximum absolute atomic E-state index is 12.0. The zero-order chi connectivity index (χ0) is 24.7. The molecule has 2 heterocycles. The van der Waals surface area contributed by atoms with Gasteiger partial charge in [-0.2, -0.15) is 0 Å². The molecule has 2 saturated heterocycles. The van der Waals surface area contributed by atoms with Gasteiger partial charge >= 0.3 is 0 Å². The van der Waals surface area contributed by atoms with Gasteiger partial charge in [0.1, 0.15) is 11.7 Å². The molecule has 2 bridgehead atoms. The third kappa shape index (κ3) is 4.00. The van der Waals surface area contributed by atoms with Crippen LogP contribution in [-0.2, 0) is 18.6 Å². The molecule has 4 rings (SSSR count). The van der Waals surface area contributed by atoms with Gasteiger partial charge in [0.15, 0.2) is 20.4 Å². The van der Waals surface area contributed by atoms with E-state index >= 15 is 0 Å². The van der Waals surface area contributed by atoms with Gasteiger partial charge in [0, 0.05) is 12.0 Å². The van der Waals surface area contributed by atoms with Crippen molar-refractivity contribution < 1.29 is 28.8 Å². The minimum atomic E-state index is -1.91. The first-order valence-electron chi connectivity index (χ1n) is 12.7. The third-order valence-electron chi connectivity index (χ3n) is 9.85. The van der Waals surface area contributed by atoms with E-state index in [4.69, 9.17) is 18.6 Å². The number of aliphatic hydroxyl groups is 2. The van der Waals surface area contributed by atoms with E-state index in [0.29, 0.717) is 18.9 Å². The van der Waals surface area contributed by atoms with Crippen LogP contribution in [0, 0.1) is 16.7 Å². The minimum Gasteiger partial charge on any atom is -0.417 e. The largest absolute Gasteiger partial charge is 0.417 e. The van der Waals surface area contributed by atoms with Gasteiger partial charge in [-0.25, -0.2) is 0 Å². The molecule has 7 atom stereocenters. The molecule has 2 aliphatic heterocycles. The molecule has 0 unspecified atom stereocenters. The summed E-state index contributed by atoms with van der Waals surface area (Å²) < 4.78 is 24.7. The summed E-state index contributed by atoms with van der Waals surface area (Å²) in [6.45, 7) is 19.9. The molecule has 33 heavy (non-hydrogen) atoms. The van der Waals surface area contributed by atoms with Gasteiger partial charge in [0.25, 0.3) is 0 Å². The lowest BCUT2D eigenvalue weighted by atomic mass is 9.67. The van der Waals surface area contributed by atoms with Gasteiger partial charge < -0.3 is 28.8 Å². The molecule has 0 aromatic heterocycles. The SMILES string of the molecule is CC1(C)O[C@H]2O[C@H](CCO[Si](C)(C)C(C)(C)C)[C@](O)(/C=C/[C@@]34CC[C@@H](C[C@H]3O)C4(C)C)[C@H]2O1. The molecule has 2 N–H and O–H groups in total. The molecule has 7 heteroatoms. The Morgan fingerprint density at radius 3 is 2.30 bits per heavy atom. The summed E-state index contributed by atoms with van der Waals surface area (Å²) in [5.41, 5.74) is -1.69. The number of hydrogen-bond donors (Lipinski definition) is 2. The van der Waals surface area contributed by atoms with Crippen molar-refractivity contribution in [1.82, 2.24) is 0 Å². The average Bonchev–Trinajstić information content (AvgIpc) is 3.25. The van der Waals surface area contributed by atoms with Crippen LogP contribution in [0.5, 0.6) is 0 Å². The van der Waals surface area contributed by atoms with Crippen molar-refractivity contribution >= 4 is 8.32 Å². The standard InChI is InChI=1S/C26H46O6Si/c1-22(2,3)33(8,9)29-15-11-19-26(28,20-21(30-19)32-24(6,7)31-20)14-13-25-12-10-17(16-18(25)27)23(25,4)5/h13-14,17-21,27-28H,10-12,15-16H2,1-9H3/b14-13+/t17-,18+,19+,20-,21+,25-,26+/m0/s1. The van der Waals surface area contributed by atoms with E-state index in [2.05, 4.69) is 53.8 Å². The average molecular weight is 483 g/mol. The highest BCUT2D eigenvalue weighted by molar-refractivity contribution is 6.74. The number of aliphatic hydroxyl groups excluding tert-OH is 1. The number of ether oxygens (including phenoxy) is 3. The van der Waals surface area contributed by atoms with Gasteiger partial charge in [-0.3, -0.25) is 0 Å². The van der Waals surface area contributed by atoms with Crippen molar-refractivity contribution in [2.75, 3.05) is 6.61 Å². The van der Waals surface area contributed by atoms with E-state index in [1.807, 2.05) is 19.9 Å². The number of fused-ring (bicyclic) bond motifs is 3. The predicted molar refractivity (Wildman–Crippen MR) is 130 cm³/mol. The fourth-order valence-corrected chi connectivity index (χ4v) is 7.45. The van der Waals surface area contributed by atoms with Crippen molar-refractivity contribution in [2.45, 2.75) is 128 Å². The smallest absolute Gasteiger partial charge is 0.191 e. The highest BCUT2D eigenvalue weighted by Crippen LogP contribution is 2.66. The lowest BCUT2D eigenvalue weighted by Gasteiger charge is -2.40. The van der Waals surface area contributed by atoms with E-state index in [1.54, 1.807) is 0 Å². The summed E-state index contributed by atoms with van der Waals surface area (Å²) in [6, 6.07) is 0. The summed E-state index contributed by atoms with van der Waals surface area (Å²) in [5.74, 6) is -0.305. The highest BCUT2D eigenvalue weighted by Gasteiger charge is 2.65. The van der Waals surface area contributed by atoms with Gasteiger partial charge in [0.05, 0.1) is 12.2 Å². The van der Waals surface area contributed by atoms with Crippen LogP contribution in [0.2, 0.25) is 18.1 Å². The number of rotatable bonds is 6. The summed E-state index contributed by atoms with van der Waals surface area (Å²) in [4.78, 5) is 0. The fraction of sp³-hybridized carbons (Fsp3) is 0.923. The predicted octanol–water partition coefficient (Wildman–Crippen LogP) is 4.75. The number of hydrogen-bond acceptors (Lipinski definition) is 6. The van der Waals surface area contributed by atoms with E-state index in [1.165, 1.54) is 0 Å². The minimum absolute atomic E-state index is 0.00855. The molecule has 0 amide bonds. The summed E-state index contributed by atoms with van der Waals surface area (Å²) in [6.07, 6.45) is 5.27. The summed E-state index contributed by atoms with van der Waals surface area (Å²) in [5, 5.41) is 23.1. The van der Waals surface area contributed by atoms with E-state index in [0.717, 1.165) is 19.3 Å². The lowest BCUT2D eigenvalue weighted by Crippen LogP contribution is -2.49. The van der Waals surface area contributed by atoms with Crippen molar-refractivity contribution in [3.05, 3.63) is 12.2 Å². The zero-order valence-corrected chi connectivity index (χ0v) is 23.1. The van der Waals surface area contributed by atoms with Crippen LogP contribution in [0.15, 0.2) is 12.2 Å². The van der Waals surface area contributed by atoms with E-state index < -0.39 is 38.2 Å². The molecule has 4 fully saturated rings. The van der Waals surface area contributed by atoms with E-state index in [-0.39, 0.29) is 22.0 Å². The first-order valence-corrected chi connectivity index (χ1v) is 15.6. The van der Waals surface area contributed by atoms with Gasteiger partial charge in [-0.1, -0.05) is 46.8 Å². The molecule has 2 aliphatic carbocycles. The first kappa shape index (κ1) is 25.8. The van der Waals surface area contributed by atoms with Gasteiger partial charge in [-0.15, -0.1) is 0 Å². The Labute approximate surface area is 201 Å². The molecule has 6 nitrogen and oxygen atoms in total. The molecular formula is C26H46O6Si. The van der Waals surface area contributed by atoms with Crippen LogP contribution in [0.25, 0.3) is 0 Å². The Kier molecular flexibility index (Phi) is 6.14. The van der Waals surface area contributed by atoms with Crippen molar-refractivity contribution in [1.29, 1.82) is 0 Å². The van der Waals surface area contributed by atoms with Crippen LogP contribution in [0.1, 0.15) is 74.1 Å². The lowest BCUT2D eigenvalue weighted by molar-refractivity contribution is -0.224. The molecule has 0 aromatic rings. The van der Waals surface area contributed by atoms with Gasteiger partial charge in [-0.05, 0) is 69.0 Å². The van der Waals surface area contributed by atoms with Crippen LogP contribution >= 0.6 is 0 Å². The zero-order valence-electron chi connectivity index (χ0n) is 22.1. The molecule has 2 saturated carbocycles. The van der Waals surface area contributed by atoms with Crippen LogP contribution in [-0.4, -0.2) is 61.1 Å². The second-order valence-corrected chi connectivity index (χ2v) is 18.2. The van der Waals surface area contributed by atoms with Crippen molar-refractivity contribution in [3.63, 3.8) is 0 Å². The van der Waals surface area contributed by atoms with Crippen LogP contribution < -0.4 is 0 Å². The quantitative estimate of drug-likeness (QED) is 0.420.